The second kappa shape index (κ2) is 7.29. The molecular weight excluding hydrogens is 488 g/mol. The molecule has 168 valence electrons. The predicted octanol–water partition coefficient (Wildman–Crippen LogP) is 9.09. The Morgan fingerprint density at radius 3 is 2.23 bits per heavy atom. The van der Waals surface area contributed by atoms with Crippen molar-refractivity contribution in [2.24, 2.45) is 0 Å². The van der Waals surface area contributed by atoms with E-state index in [1.54, 1.807) is 0 Å². The van der Waals surface area contributed by atoms with Crippen LogP contribution in [-0.2, 0) is 10.8 Å². The van der Waals surface area contributed by atoms with Gasteiger partial charge in [0.2, 0.25) is 0 Å². The third-order valence-electron chi connectivity index (χ3n) is 8.44. The van der Waals surface area contributed by atoms with Crippen LogP contribution in [0, 0.1) is 0 Å². The molecule has 0 nitrogen and oxygen atoms in total. The molecule has 2 atom stereocenters. The van der Waals surface area contributed by atoms with Gasteiger partial charge in [0.05, 0.1) is 5.41 Å². The molecule has 35 heavy (non-hydrogen) atoms. The van der Waals surface area contributed by atoms with Gasteiger partial charge >= 0.3 is 0 Å². The molecule has 0 bridgehead atoms. The first-order valence-corrected chi connectivity index (χ1v) is 13.0. The van der Waals surface area contributed by atoms with E-state index in [4.69, 9.17) is 0 Å². The van der Waals surface area contributed by atoms with Crippen LogP contribution in [0.1, 0.15) is 46.7 Å². The smallest absolute Gasteiger partial charge is 0.0688 e. The Morgan fingerprint density at radius 1 is 0.771 bits per heavy atom. The minimum atomic E-state index is -0.290. The molecule has 2 unspecified atom stereocenters. The lowest BCUT2D eigenvalue weighted by atomic mass is 9.64. The van der Waals surface area contributed by atoms with Crippen molar-refractivity contribution in [3.63, 3.8) is 0 Å². The molecule has 0 radical (unpaired) electrons. The van der Waals surface area contributed by atoms with Gasteiger partial charge in [0.1, 0.15) is 0 Å². The summed E-state index contributed by atoms with van der Waals surface area (Å²) in [5.41, 5.74) is 13.2. The normalized spacial score (nSPS) is 23.1. The van der Waals surface area contributed by atoms with Crippen molar-refractivity contribution in [2.45, 2.75) is 24.2 Å². The third-order valence-corrected chi connectivity index (χ3v) is 8.93. The molecule has 0 amide bonds. The number of hydrogen-bond acceptors (Lipinski definition) is 0. The monoisotopic (exact) mass is 512 g/mol. The van der Waals surface area contributed by atoms with E-state index in [1.165, 1.54) is 50.1 Å². The lowest BCUT2D eigenvalue weighted by Gasteiger charge is -2.38. The minimum absolute atomic E-state index is 0.0574. The summed E-state index contributed by atoms with van der Waals surface area (Å²) in [6.07, 6.45) is 7.83. The molecule has 0 heterocycles. The summed E-state index contributed by atoms with van der Waals surface area (Å²) in [6, 6.07) is 33.8. The highest BCUT2D eigenvalue weighted by Gasteiger charge is 2.59. The molecule has 3 aliphatic carbocycles. The standard InChI is InChI=1S/C34H25Br/c1-3-22-12-14-23(15-13-22)24-18-19-33(2)29-10-6-7-11-30(29)34(32(33)20-24)28-9-5-4-8-26(28)27-17-16-25(35)21-31(27)34/h3-18,20-21H,1,19H2,2H3. The van der Waals surface area contributed by atoms with Crippen molar-refractivity contribution in [1.82, 2.24) is 0 Å². The van der Waals surface area contributed by atoms with E-state index in [-0.39, 0.29) is 10.8 Å². The first-order valence-electron chi connectivity index (χ1n) is 12.2. The molecule has 0 saturated heterocycles. The number of fused-ring (bicyclic) bond motifs is 10. The number of rotatable bonds is 2. The molecule has 0 fully saturated rings. The largest absolute Gasteiger partial charge is 0.0985 e. The van der Waals surface area contributed by atoms with Gasteiger partial charge in [-0.2, -0.15) is 0 Å². The van der Waals surface area contributed by atoms with Gasteiger partial charge in [-0.15, -0.1) is 0 Å². The molecule has 0 aliphatic heterocycles. The molecule has 0 aromatic heterocycles. The molecule has 7 rings (SSSR count). The zero-order chi connectivity index (χ0) is 23.8. The number of halogens is 1. The summed E-state index contributed by atoms with van der Waals surface area (Å²) in [7, 11) is 0. The molecule has 4 aromatic carbocycles. The van der Waals surface area contributed by atoms with Crippen molar-refractivity contribution in [1.29, 1.82) is 0 Å². The maximum absolute atomic E-state index is 3.92. The molecule has 1 heteroatoms. The van der Waals surface area contributed by atoms with E-state index in [1.807, 2.05) is 6.08 Å². The summed E-state index contributed by atoms with van der Waals surface area (Å²) >= 11 is 3.80. The Bertz CT molecular complexity index is 1600. The van der Waals surface area contributed by atoms with Gasteiger partial charge in [0, 0.05) is 9.89 Å². The molecule has 0 saturated carbocycles. The van der Waals surface area contributed by atoms with Gasteiger partial charge in [-0.3, -0.25) is 0 Å². The van der Waals surface area contributed by atoms with Crippen LogP contribution in [0.2, 0.25) is 0 Å². The highest BCUT2D eigenvalue weighted by molar-refractivity contribution is 9.10. The Hall–Kier alpha value is -3.42. The lowest BCUT2D eigenvalue weighted by Crippen LogP contribution is -2.33. The molecule has 4 aromatic rings. The highest BCUT2D eigenvalue weighted by Crippen LogP contribution is 2.67. The van der Waals surface area contributed by atoms with Crippen LogP contribution in [0.4, 0.5) is 0 Å². The van der Waals surface area contributed by atoms with Crippen molar-refractivity contribution < 1.29 is 0 Å². The van der Waals surface area contributed by atoms with E-state index in [0.717, 1.165) is 16.5 Å². The molecule has 0 N–H and O–H groups in total. The fourth-order valence-electron chi connectivity index (χ4n) is 6.86. The Labute approximate surface area is 215 Å². The Balaban J connectivity index is 1.57. The van der Waals surface area contributed by atoms with E-state index in [0.29, 0.717) is 0 Å². The van der Waals surface area contributed by atoms with Crippen molar-refractivity contribution in [3.8, 4) is 11.1 Å². The maximum Gasteiger partial charge on any atom is 0.0688 e. The highest BCUT2D eigenvalue weighted by atomic mass is 79.9. The van der Waals surface area contributed by atoms with Crippen LogP contribution in [-0.4, -0.2) is 0 Å². The van der Waals surface area contributed by atoms with Crippen LogP contribution in [0.5, 0.6) is 0 Å². The van der Waals surface area contributed by atoms with Crippen LogP contribution >= 0.6 is 15.9 Å². The average molecular weight is 513 g/mol. The third kappa shape index (κ3) is 2.62. The number of benzene rings is 4. The topological polar surface area (TPSA) is 0 Å². The molecule has 3 aliphatic rings. The average Bonchev–Trinajstić information content (AvgIpc) is 3.32. The lowest BCUT2D eigenvalue weighted by molar-refractivity contribution is 0.545. The zero-order valence-corrected chi connectivity index (χ0v) is 21.3. The summed E-state index contributed by atoms with van der Waals surface area (Å²) in [4.78, 5) is 0. The quantitative estimate of drug-likeness (QED) is 0.251. The first-order chi connectivity index (χ1) is 17.1. The van der Waals surface area contributed by atoms with Gasteiger partial charge < -0.3 is 0 Å². The SMILES string of the molecule is C=Cc1ccc(C2=CCC3(C)C(=C2)C2(c4ccccc4-c4ccc(Br)cc42)c2ccccc23)cc1. The summed E-state index contributed by atoms with van der Waals surface area (Å²) in [5.74, 6) is 0. The van der Waals surface area contributed by atoms with Gasteiger partial charge in [-0.05, 0) is 74.2 Å². The van der Waals surface area contributed by atoms with Gasteiger partial charge in [0.25, 0.3) is 0 Å². The van der Waals surface area contributed by atoms with Crippen LogP contribution in [0.3, 0.4) is 0 Å². The number of allylic oxidation sites excluding steroid dienone is 4. The van der Waals surface area contributed by atoms with Crippen molar-refractivity contribution in [3.05, 3.63) is 153 Å². The van der Waals surface area contributed by atoms with Crippen LogP contribution < -0.4 is 0 Å². The van der Waals surface area contributed by atoms with Crippen LogP contribution in [0.25, 0.3) is 22.8 Å². The summed E-state index contributed by atoms with van der Waals surface area (Å²) < 4.78 is 1.13. The first kappa shape index (κ1) is 20.9. The van der Waals surface area contributed by atoms with Gasteiger partial charge in [-0.1, -0.05) is 127 Å². The Kier molecular flexibility index (Phi) is 4.36. The summed E-state index contributed by atoms with van der Waals surface area (Å²) in [6.45, 7) is 6.36. The second-order valence-corrected chi connectivity index (χ2v) is 11.0. The number of hydrogen-bond donors (Lipinski definition) is 0. The predicted molar refractivity (Wildman–Crippen MR) is 150 cm³/mol. The van der Waals surface area contributed by atoms with Gasteiger partial charge in [-0.25, -0.2) is 0 Å². The van der Waals surface area contributed by atoms with Crippen molar-refractivity contribution in [2.75, 3.05) is 0 Å². The van der Waals surface area contributed by atoms with E-state index < -0.39 is 0 Å². The van der Waals surface area contributed by atoms with Crippen molar-refractivity contribution >= 4 is 27.6 Å². The summed E-state index contributed by atoms with van der Waals surface area (Å²) in [5, 5.41) is 0. The zero-order valence-electron chi connectivity index (χ0n) is 19.7. The second-order valence-electron chi connectivity index (χ2n) is 10.1. The van der Waals surface area contributed by atoms with Gasteiger partial charge in [0.15, 0.2) is 0 Å². The fraction of sp³-hybridized carbons (Fsp3) is 0.118. The molecule has 1 spiro atoms. The van der Waals surface area contributed by atoms with Crippen LogP contribution in [0.15, 0.2) is 120 Å². The van der Waals surface area contributed by atoms with E-state index in [2.05, 4.69) is 133 Å². The Morgan fingerprint density at radius 2 is 1.46 bits per heavy atom. The fourth-order valence-corrected chi connectivity index (χ4v) is 7.22. The van der Waals surface area contributed by atoms with E-state index in [9.17, 15) is 0 Å². The molecular formula is C34H25Br. The van der Waals surface area contributed by atoms with E-state index >= 15 is 0 Å². The minimum Gasteiger partial charge on any atom is -0.0985 e. The maximum atomic E-state index is 3.92.